The molecule has 0 spiro atoms. The third-order valence-electron chi connectivity index (χ3n) is 6.41. The lowest BCUT2D eigenvalue weighted by Gasteiger charge is -2.38. The van der Waals surface area contributed by atoms with E-state index >= 15 is 0 Å². The number of hydrogen-bond acceptors (Lipinski definition) is 4. The SMILES string of the molecule is CC1CN(CC2CCCN2CC(=O)NCCC2CCCCC2)CC(C)O1. The molecule has 1 aliphatic carbocycles. The Labute approximate surface area is 159 Å². The van der Waals surface area contributed by atoms with Gasteiger partial charge in [-0.15, -0.1) is 0 Å². The van der Waals surface area contributed by atoms with E-state index in [-0.39, 0.29) is 5.91 Å². The summed E-state index contributed by atoms with van der Waals surface area (Å²) in [5.74, 6) is 1.06. The van der Waals surface area contributed by atoms with E-state index in [1.807, 2.05) is 0 Å². The largest absolute Gasteiger partial charge is 0.373 e. The molecule has 0 radical (unpaired) electrons. The van der Waals surface area contributed by atoms with Gasteiger partial charge < -0.3 is 10.1 Å². The van der Waals surface area contributed by atoms with E-state index in [4.69, 9.17) is 4.74 Å². The van der Waals surface area contributed by atoms with Crippen molar-refractivity contribution in [2.24, 2.45) is 5.92 Å². The zero-order valence-electron chi connectivity index (χ0n) is 16.9. The number of carbonyl (C=O) groups excluding carboxylic acids is 1. The summed E-state index contributed by atoms with van der Waals surface area (Å²) in [6.07, 6.45) is 11.1. The highest BCUT2D eigenvalue weighted by Gasteiger charge is 2.30. The van der Waals surface area contributed by atoms with Gasteiger partial charge in [0, 0.05) is 32.2 Å². The fourth-order valence-corrected chi connectivity index (χ4v) is 5.17. The molecule has 3 unspecified atom stereocenters. The predicted molar refractivity (Wildman–Crippen MR) is 105 cm³/mol. The van der Waals surface area contributed by atoms with Crippen LogP contribution in [0, 0.1) is 5.92 Å². The second kappa shape index (κ2) is 10.0. The Bertz CT molecular complexity index is 429. The lowest BCUT2D eigenvalue weighted by Crippen LogP contribution is -2.51. The minimum absolute atomic E-state index is 0.219. The normalized spacial score (nSPS) is 32.0. The lowest BCUT2D eigenvalue weighted by atomic mass is 9.87. The number of nitrogens with zero attached hydrogens (tertiary/aromatic N) is 2. The zero-order chi connectivity index (χ0) is 18.4. The minimum Gasteiger partial charge on any atom is -0.373 e. The van der Waals surface area contributed by atoms with Crippen molar-refractivity contribution < 1.29 is 9.53 Å². The first-order valence-electron chi connectivity index (χ1n) is 11.0. The first kappa shape index (κ1) is 20.1. The van der Waals surface area contributed by atoms with Crippen molar-refractivity contribution in [3.63, 3.8) is 0 Å². The van der Waals surface area contributed by atoms with Gasteiger partial charge in [-0.2, -0.15) is 0 Å². The maximum atomic E-state index is 12.4. The van der Waals surface area contributed by atoms with Gasteiger partial charge in [-0.1, -0.05) is 32.1 Å². The second-order valence-electron chi connectivity index (χ2n) is 8.89. The molecule has 26 heavy (non-hydrogen) atoms. The number of hydrogen-bond donors (Lipinski definition) is 1. The van der Waals surface area contributed by atoms with Crippen LogP contribution >= 0.6 is 0 Å². The summed E-state index contributed by atoms with van der Waals surface area (Å²) in [4.78, 5) is 17.3. The third-order valence-corrected chi connectivity index (χ3v) is 6.41. The first-order chi connectivity index (χ1) is 12.6. The number of amides is 1. The van der Waals surface area contributed by atoms with Crippen LogP contribution in [0.4, 0.5) is 0 Å². The highest BCUT2D eigenvalue weighted by molar-refractivity contribution is 5.78. The zero-order valence-corrected chi connectivity index (χ0v) is 16.9. The van der Waals surface area contributed by atoms with Crippen molar-refractivity contribution in [2.45, 2.75) is 83.5 Å². The predicted octanol–water partition coefficient (Wildman–Crippen LogP) is 2.65. The van der Waals surface area contributed by atoms with Crippen molar-refractivity contribution in [3.8, 4) is 0 Å². The Morgan fingerprint density at radius 2 is 1.77 bits per heavy atom. The number of carbonyl (C=O) groups is 1. The number of morpholine rings is 1. The Hall–Kier alpha value is -0.650. The monoisotopic (exact) mass is 365 g/mol. The minimum atomic E-state index is 0.219. The van der Waals surface area contributed by atoms with Crippen molar-refractivity contribution >= 4 is 5.91 Å². The highest BCUT2D eigenvalue weighted by Crippen LogP contribution is 2.25. The van der Waals surface area contributed by atoms with Gasteiger partial charge in [0.15, 0.2) is 0 Å². The first-order valence-corrected chi connectivity index (χ1v) is 11.0. The summed E-state index contributed by atoms with van der Waals surface area (Å²) >= 11 is 0. The van der Waals surface area contributed by atoms with E-state index < -0.39 is 0 Å². The van der Waals surface area contributed by atoms with Crippen LogP contribution in [0.5, 0.6) is 0 Å². The molecule has 0 aromatic rings. The summed E-state index contributed by atoms with van der Waals surface area (Å²) in [5, 5.41) is 3.18. The van der Waals surface area contributed by atoms with Gasteiger partial charge in [0.2, 0.25) is 5.91 Å². The number of likely N-dealkylation sites (tertiary alicyclic amines) is 1. The van der Waals surface area contributed by atoms with Crippen LogP contribution in [0.15, 0.2) is 0 Å². The number of ether oxygens (including phenoxy) is 1. The molecule has 2 saturated heterocycles. The summed E-state index contributed by atoms with van der Waals surface area (Å²) in [5.41, 5.74) is 0. The summed E-state index contributed by atoms with van der Waals surface area (Å²) < 4.78 is 5.85. The molecular weight excluding hydrogens is 326 g/mol. The van der Waals surface area contributed by atoms with Crippen molar-refractivity contribution in [2.75, 3.05) is 39.3 Å². The van der Waals surface area contributed by atoms with Crippen LogP contribution in [-0.2, 0) is 9.53 Å². The van der Waals surface area contributed by atoms with Gasteiger partial charge in [-0.25, -0.2) is 0 Å². The fraction of sp³-hybridized carbons (Fsp3) is 0.952. The molecule has 5 nitrogen and oxygen atoms in total. The van der Waals surface area contributed by atoms with E-state index in [1.54, 1.807) is 0 Å². The third kappa shape index (κ3) is 6.21. The van der Waals surface area contributed by atoms with Crippen molar-refractivity contribution in [1.29, 1.82) is 0 Å². The van der Waals surface area contributed by atoms with Crippen LogP contribution < -0.4 is 5.32 Å². The molecule has 1 amide bonds. The Balaban J connectivity index is 1.36. The van der Waals surface area contributed by atoms with E-state index in [2.05, 4.69) is 29.0 Å². The maximum Gasteiger partial charge on any atom is 0.234 e. The Kier molecular flexibility index (Phi) is 7.77. The topological polar surface area (TPSA) is 44.8 Å². The number of nitrogens with one attached hydrogen (secondary N) is 1. The van der Waals surface area contributed by atoms with Crippen molar-refractivity contribution in [1.82, 2.24) is 15.1 Å². The molecule has 1 saturated carbocycles. The molecule has 2 heterocycles. The quantitative estimate of drug-likeness (QED) is 0.753. The van der Waals surface area contributed by atoms with Gasteiger partial charge in [0.05, 0.1) is 18.8 Å². The van der Waals surface area contributed by atoms with Crippen LogP contribution in [0.3, 0.4) is 0 Å². The standard InChI is InChI=1S/C21H39N3O2/c1-17-13-23(14-18(2)26-17)15-20-9-6-12-24(20)16-21(25)22-11-10-19-7-4-3-5-8-19/h17-20H,3-16H2,1-2H3,(H,22,25). The number of rotatable bonds is 7. The summed E-state index contributed by atoms with van der Waals surface area (Å²) in [6.45, 7) is 9.93. The average Bonchev–Trinajstić information content (AvgIpc) is 3.01. The fourth-order valence-electron chi connectivity index (χ4n) is 5.17. The molecule has 5 heteroatoms. The summed E-state index contributed by atoms with van der Waals surface area (Å²) in [7, 11) is 0. The molecule has 1 N–H and O–H groups in total. The van der Waals surface area contributed by atoms with Crippen LogP contribution in [0.2, 0.25) is 0 Å². The molecule has 3 rings (SSSR count). The Morgan fingerprint density at radius 3 is 2.50 bits per heavy atom. The van der Waals surface area contributed by atoms with Crippen LogP contribution in [-0.4, -0.2) is 73.2 Å². The molecule has 3 atom stereocenters. The smallest absolute Gasteiger partial charge is 0.234 e. The van der Waals surface area contributed by atoms with Crippen LogP contribution in [0.25, 0.3) is 0 Å². The van der Waals surface area contributed by atoms with E-state index in [0.717, 1.165) is 38.6 Å². The molecule has 0 aromatic heterocycles. The second-order valence-corrected chi connectivity index (χ2v) is 8.89. The lowest BCUT2D eigenvalue weighted by molar-refractivity contribution is -0.122. The van der Waals surface area contributed by atoms with Gasteiger partial charge in [-0.05, 0) is 45.6 Å². The molecule has 0 bridgehead atoms. The molecule has 150 valence electrons. The van der Waals surface area contributed by atoms with Crippen LogP contribution in [0.1, 0.15) is 65.2 Å². The average molecular weight is 366 g/mol. The van der Waals surface area contributed by atoms with E-state index in [0.29, 0.717) is 24.8 Å². The van der Waals surface area contributed by atoms with E-state index in [9.17, 15) is 4.79 Å². The summed E-state index contributed by atoms with van der Waals surface area (Å²) in [6, 6.07) is 0.525. The molecule has 0 aromatic carbocycles. The maximum absolute atomic E-state index is 12.4. The van der Waals surface area contributed by atoms with Gasteiger partial charge >= 0.3 is 0 Å². The van der Waals surface area contributed by atoms with Gasteiger partial charge in [-0.3, -0.25) is 14.6 Å². The highest BCUT2D eigenvalue weighted by atomic mass is 16.5. The van der Waals surface area contributed by atoms with Gasteiger partial charge in [0.25, 0.3) is 0 Å². The molecular formula is C21H39N3O2. The Morgan fingerprint density at radius 1 is 1.04 bits per heavy atom. The van der Waals surface area contributed by atoms with Gasteiger partial charge in [0.1, 0.15) is 0 Å². The molecule has 2 aliphatic heterocycles. The van der Waals surface area contributed by atoms with Crippen molar-refractivity contribution in [3.05, 3.63) is 0 Å². The van der Waals surface area contributed by atoms with E-state index in [1.165, 1.54) is 51.4 Å². The molecule has 3 aliphatic rings. The molecule has 3 fully saturated rings.